The Hall–Kier alpha value is -3.49. The maximum absolute atomic E-state index is 14.7. The highest BCUT2D eigenvalue weighted by atomic mass is 16.6. The number of aliphatic hydroxyl groups is 1. The summed E-state index contributed by atoms with van der Waals surface area (Å²) in [6.07, 6.45) is 5.08. The molecule has 1 N–H and O–H groups in total. The molecule has 8 heteroatoms. The SMILES string of the molecule is C=CCOC(=O)[C@H]1[C@H]2C(=O)N([C@@H](CC)CO)C(C(=O)N(CC=C)c3ccc4ccccc4c3)C23CC[C@]1(CC)O3. The summed E-state index contributed by atoms with van der Waals surface area (Å²) in [7, 11) is 0. The second kappa shape index (κ2) is 10.8. The molecule has 6 atom stereocenters. The fourth-order valence-corrected chi connectivity index (χ4v) is 7.28. The maximum atomic E-state index is 14.7. The van der Waals surface area contributed by atoms with Crippen molar-refractivity contribution in [3.63, 3.8) is 0 Å². The minimum atomic E-state index is -1.21. The first-order valence-corrected chi connectivity index (χ1v) is 14.1. The van der Waals surface area contributed by atoms with Crippen molar-refractivity contribution in [1.82, 2.24) is 4.90 Å². The lowest BCUT2D eigenvalue weighted by atomic mass is 9.65. The van der Waals surface area contributed by atoms with Crippen molar-refractivity contribution < 1.29 is 29.0 Å². The summed E-state index contributed by atoms with van der Waals surface area (Å²) in [5.74, 6) is -2.89. The summed E-state index contributed by atoms with van der Waals surface area (Å²) in [5.41, 5.74) is -1.43. The van der Waals surface area contributed by atoms with E-state index in [1.807, 2.05) is 56.3 Å². The number of benzene rings is 2. The van der Waals surface area contributed by atoms with Gasteiger partial charge in [-0.2, -0.15) is 0 Å². The number of amides is 2. The summed E-state index contributed by atoms with van der Waals surface area (Å²) in [6.45, 7) is 11.3. The number of carbonyl (C=O) groups is 3. The van der Waals surface area contributed by atoms with E-state index >= 15 is 0 Å². The first kappa shape index (κ1) is 28.1. The number of anilines is 1. The third-order valence-electron chi connectivity index (χ3n) is 9.15. The molecule has 0 aromatic heterocycles. The van der Waals surface area contributed by atoms with Crippen molar-refractivity contribution in [2.75, 3.05) is 24.7 Å². The van der Waals surface area contributed by atoms with Gasteiger partial charge in [-0.05, 0) is 48.6 Å². The average Bonchev–Trinajstić information content (AvgIpc) is 3.58. The fraction of sp³-hybridized carbons (Fsp3) is 0.469. The van der Waals surface area contributed by atoms with Crippen LogP contribution in [0.2, 0.25) is 0 Å². The second-order valence-electron chi connectivity index (χ2n) is 11.0. The summed E-state index contributed by atoms with van der Waals surface area (Å²) >= 11 is 0. The molecular formula is C32H38N2O6. The molecule has 40 heavy (non-hydrogen) atoms. The molecule has 1 spiro atoms. The van der Waals surface area contributed by atoms with E-state index in [-0.39, 0.29) is 31.6 Å². The zero-order valence-electron chi connectivity index (χ0n) is 23.3. The highest BCUT2D eigenvalue weighted by molar-refractivity contribution is 6.05. The van der Waals surface area contributed by atoms with Gasteiger partial charge in [0.05, 0.1) is 24.2 Å². The first-order chi connectivity index (χ1) is 19.3. The van der Waals surface area contributed by atoms with Crippen LogP contribution in [0.1, 0.15) is 39.5 Å². The van der Waals surface area contributed by atoms with E-state index in [0.717, 1.165) is 10.8 Å². The van der Waals surface area contributed by atoms with Gasteiger partial charge in [0.2, 0.25) is 5.91 Å². The molecule has 2 bridgehead atoms. The van der Waals surface area contributed by atoms with Gasteiger partial charge in [0, 0.05) is 12.2 Å². The number of hydrogen-bond acceptors (Lipinski definition) is 6. The van der Waals surface area contributed by atoms with Crippen molar-refractivity contribution in [3.8, 4) is 0 Å². The predicted octanol–water partition coefficient (Wildman–Crippen LogP) is 4.01. The molecule has 0 saturated carbocycles. The number of rotatable bonds is 11. The number of aliphatic hydroxyl groups excluding tert-OH is 1. The molecule has 2 aromatic carbocycles. The Morgan fingerprint density at radius 1 is 1.18 bits per heavy atom. The van der Waals surface area contributed by atoms with E-state index in [0.29, 0.717) is 31.4 Å². The minimum absolute atomic E-state index is 0.0262. The largest absolute Gasteiger partial charge is 0.461 e. The smallest absolute Gasteiger partial charge is 0.313 e. The molecule has 2 unspecified atom stereocenters. The van der Waals surface area contributed by atoms with Gasteiger partial charge in [0.15, 0.2) is 0 Å². The lowest BCUT2D eigenvalue weighted by Gasteiger charge is -2.39. The van der Waals surface area contributed by atoms with Crippen molar-refractivity contribution in [3.05, 3.63) is 67.8 Å². The van der Waals surface area contributed by atoms with E-state index in [1.54, 1.807) is 11.0 Å². The Morgan fingerprint density at radius 2 is 1.93 bits per heavy atom. The Kier molecular flexibility index (Phi) is 7.59. The third kappa shape index (κ3) is 4.08. The summed E-state index contributed by atoms with van der Waals surface area (Å²) < 4.78 is 12.3. The van der Waals surface area contributed by atoms with Crippen molar-refractivity contribution in [2.24, 2.45) is 11.8 Å². The molecule has 5 rings (SSSR count). The number of carbonyl (C=O) groups excluding carboxylic acids is 3. The topological polar surface area (TPSA) is 96.4 Å². The molecule has 3 fully saturated rings. The predicted molar refractivity (Wildman–Crippen MR) is 153 cm³/mol. The number of fused-ring (bicyclic) bond motifs is 2. The molecule has 3 heterocycles. The normalized spacial score (nSPS) is 29.3. The number of hydrogen-bond donors (Lipinski definition) is 1. The summed E-state index contributed by atoms with van der Waals surface area (Å²) in [5, 5.41) is 12.3. The van der Waals surface area contributed by atoms with E-state index in [4.69, 9.17) is 9.47 Å². The van der Waals surface area contributed by atoms with E-state index < -0.39 is 41.1 Å². The molecular weight excluding hydrogens is 508 g/mol. The molecule has 3 aliphatic rings. The zero-order valence-corrected chi connectivity index (χ0v) is 23.3. The van der Waals surface area contributed by atoms with Crippen LogP contribution in [-0.2, 0) is 23.9 Å². The van der Waals surface area contributed by atoms with Gasteiger partial charge in [-0.15, -0.1) is 6.58 Å². The van der Waals surface area contributed by atoms with Crippen LogP contribution in [0, 0.1) is 11.8 Å². The van der Waals surface area contributed by atoms with Crippen LogP contribution in [-0.4, -0.2) is 70.8 Å². The van der Waals surface area contributed by atoms with Crippen LogP contribution in [0.5, 0.6) is 0 Å². The fourth-order valence-electron chi connectivity index (χ4n) is 7.28. The van der Waals surface area contributed by atoms with E-state index in [2.05, 4.69) is 13.2 Å². The molecule has 8 nitrogen and oxygen atoms in total. The molecule has 0 radical (unpaired) electrons. The van der Waals surface area contributed by atoms with Gasteiger partial charge >= 0.3 is 5.97 Å². The van der Waals surface area contributed by atoms with Crippen molar-refractivity contribution >= 4 is 34.2 Å². The number of likely N-dealkylation sites (tertiary alicyclic amines) is 1. The highest BCUT2D eigenvalue weighted by Crippen LogP contribution is 2.65. The number of esters is 1. The van der Waals surface area contributed by atoms with Gasteiger partial charge in [0.25, 0.3) is 5.91 Å². The van der Waals surface area contributed by atoms with Crippen LogP contribution in [0.4, 0.5) is 5.69 Å². The third-order valence-corrected chi connectivity index (χ3v) is 9.15. The van der Waals surface area contributed by atoms with Crippen LogP contribution >= 0.6 is 0 Å². The Balaban J connectivity index is 1.63. The Labute approximate surface area is 235 Å². The van der Waals surface area contributed by atoms with Crippen LogP contribution in [0.3, 0.4) is 0 Å². The summed E-state index contributed by atoms with van der Waals surface area (Å²) in [4.78, 5) is 45.6. The van der Waals surface area contributed by atoms with Crippen molar-refractivity contribution in [1.29, 1.82) is 0 Å². The van der Waals surface area contributed by atoms with Gasteiger partial charge < -0.3 is 24.4 Å². The van der Waals surface area contributed by atoms with Crippen LogP contribution in [0.25, 0.3) is 10.8 Å². The molecule has 2 amide bonds. The molecule has 3 saturated heterocycles. The highest BCUT2D eigenvalue weighted by Gasteiger charge is 2.79. The molecule has 212 valence electrons. The number of nitrogens with zero attached hydrogens (tertiary/aromatic N) is 2. The second-order valence-corrected chi connectivity index (χ2v) is 11.0. The zero-order chi connectivity index (χ0) is 28.7. The van der Waals surface area contributed by atoms with Gasteiger partial charge in [-0.3, -0.25) is 14.4 Å². The molecule has 3 aliphatic heterocycles. The average molecular weight is 547 g/mol. The maximum Gasteiger partial charge on any atom is 0.313 e. The number of ether oxygens (including phenoxy) is 2. The lowest BCUT2D eigenvalue weighted by molar-refractivity contribution is -0.161. The van der Waals surface area contributed by atoms with Gasteiger partial charge in [-0.25, -0.2) is 0 Å². The standard InChI is InChI=1S/C32H38N2O6/c1-5-17-33(24-14-13-21-11-9-10-12-22(21)19-24)29(37)27-32-16-15-31(8-4,40-32)26(30(38)39-18-6-2)25(32)28(36)34(27)23(7-3)20-35/h5-6,9-14,19,23,25-27,35H,1-2,7-8,15-18,20H2,3-4H3/t23-,25-,26+,27?,31-,32?/m0/s1. The Bertz CT molecular complexity index is 1340. The van der Waals surface area contributed by atoms with Crippen LogP contribution < -0.4 is 4.90 Å². The van der Waals surface area contributed by atoms with Crippen molar-refractivity contribution in [2.45, 2.75) is 62.8 Å². The van der Waals surface area contributed by atoms with Gasteiger partial charge in [-0.1, -0.05) is 62.9 Å². The van der Waals surface area contributed by atoms with Gasteiger partial charge in [0.1, 0.15) is 24.2 Å². The molecule has 0 aliphatic carbocycles. The monoisotopic (exact) mass is 546 g/mol. The quantitative estimate of drug-likeness (QED) is 0.338. The molecule has 2 aromatic rings. The lowest BCUT2D eigenvalue weighted by Crippen LogP contribution is -2.59. The Morgan fingerprint density at radius 3 is 2.58 bits per heavy atom. The summed E-state index contributed by atoms with van der Waals surface area (Å²) in [6, 6.07) is 12.1. The van der Waals surface area contributed by atoms with Crippen LogP contribution in [0.15, 0.2) is 67.8 Å². The van der Waals surface area contributed by atoms with E-state index in [9.17, 15) is 19.5 Å². The first-order valence-electron chi connectivity index (χ1n) is 14.1. The minimum Gasteiger partial charge on any atom is -0.461 e. The van der Waals surface area contributed by atoms with E-state index in [1.165, 1.54) is 11.0 Å².